The molecular formula is C44H28N4. The van der Waals surface area contributed by atoms with E-state index in [1.165, 1.54) is 0 Å². The average Bonchev–Trinajstić information content (AvgIpc) is 3.17. The van der Waals surface area contributed by atoms with E-state index in [0.29, 0.717) is 0 Å². The molecule has 4 heteroatoms. The Bertz CT molecular complexity index is 2580. The highest BCUT2D eigenvalue weighted by Gasteiger charge is 2.23. The molecule has 0 bridgehead atoms. The Hall–Kier alpha value is -6.52. The van der Waals surface area contributed by atoms with Crippen molar-refractivity contribution in [1.29, 1.82) is 0 Å². The highest BCUT2D eigenvalue weighted by Crippen LogP contribution is 2.43. The van der Waals surface area contributed by atoms with Crippen LogP contribution in [0.3, 0.4) is 0 Å². The first-order chi connectivity index (χ1) is 23.8. The van der Waals surface area contributed by atoms with Gasteiger partial charge in [-0.15, -0.1) is 0 Å². The molecule has 0 saturated carbocycles. The average molecular weight is 613 g/mol. The van der Waals surface area contributed by atoms with Gasteiger partial charge in [0.2, 0.25) is 0 Å². The van der Waals surface area contributed by atoms with Crippen LogP contribution in [0.4, 0.5) is 0 Å². The Morgan fingerprint density at radius 2 is 0.896 bits per heavy atom. The number of para-hydroxylation sites is 1. The maximum Gasteiger partial charge on any atom is 0.0986 e. The zero-order valence-corrected chi connectivity index (χ0v) is 26.0. The Kier molecular flexibility index (Phi) is 6.76. The van der Waals surface area contributed by atoms with Gasteiger partial charge in [0.1, 0.15) is 0 Å². The van der Waals surface area contributed by atoms with Crippen LogP contribution in [0.1, 0.15) is 0 Å². The fourth-order valence-electron chi connectivity index (χ4n) is 6.64. The summed E-state index contributed by atoms with van der Waals surface area (Å²) >= 11 is 0. The van der Waals surface area contributed by atoms with Gasteiger partial charge in [-0.25, -0.2) is 15.0 Å². The van der Waals surface area contributed by atoms with Gasteiger partial charge in [0.25, 0.3) is 0 Å². The van der Waals surface area contributed by atoms with Crippen molar-refractivity contribution in [1.82, 2.24) is 19.9 Å². The fraction of sp³-hybridized carbons (Fsp3) is 0. The van der Waals surface area contributed by atoms with Crippen molar-refractivity contribution in [2.75, 3.05) is 0 Å². The van der Waals surface area contributed by atoms with E-state index in [2.05, 4.69) is 138 Å². The summed E-state index contributed by atoms with van der Waals surface area (Å²) in [6.45, 7) is 0. The van der Waals surface area contributed by atoms with Gasteiger partial charge in [0.15, 0.2) is 0 Å². The second kappa shape index (κ2) is 11.7. The minimum absolute atomic E-state index is 0.817. The van der Waals surface area contributed by atoms with Crippen molar-refractivity contribution in [3.8, 4) is 56.2 Å². The van der Waals surface area contributed by atoms with Crippen molar-refractivity contribution in [2.24, 2.45) is 0 Å². The molecule has 9 rings (SSSR count). The first-order valence-corrected chi connectivity index (χ1v) is 16.1. The molecule has 4 nitrogen and oxygen atoms in total. The fourth-order valence-corrected chi connectivity index (χ4v) is 6.64. The molecule has 48 heavy (non-hydrogen) atoms. The number of fused-ring (bicyclic) bond motifs is 4. The van der Waals surface area contributed by atoms with E-state index in [4.69, 9.17) is 15.0 Å². The number of aromatic nitrogens is 4. The Balaban J connectivity index is 1.41. The highest BCUT2D eigenvalue weighted by molar-refractivity contribution is 6.17. The van der Waals surface area contributed by atoms with Gasteiger partial charge in [0.05, 0.1) is 33.8 Å². The van der Waals surface area contributed by atoms with E-state index in [9.17, 15) is 0 Å². The van der Waals surface area contributed by atoms with Crippen LogP contribution in [0.5, 0.6) is 0 Å². The van der Waals surface area contributed by atoms with Gasteiger partial charge in [-0.2, -0.15) is 0 Å². The Morgan fingerprint density at radius 3 is 1.60 bits per heavy atom. The standard InChI is InChI=1S/C44H28N4/c1-3-13-31(14-4-1)40-41(32-15-5-2-6-16-32)48-44(42(47-40)33-23-21-29(22-24-33)34-17-11-27-45-28-34)39-36-19-9-10-20-38(36)46-43-35-18-8-7-12-30(35)25-26-37(39)43/h1-28H. The van der Waals surface area contributed by atoms with Crippen LogP contribution >= 0.6 is 0 Å². The molecule has 9 aromatic rings. The minimum atomic E-state index is 0.817. The van der Waals surface area contributed by atoms with Gasteiger partial charge in [-0.1, -0.05) is 146 Å². The van der Waals surface area contributed by atoms with Gasteiger partial charge in [-0.3, -0.25) is 4.98 Å². The molecule has 3 aromatic heterocycles. The lowest BCUT2D eigenvalue weighted by molar-refractivity contribution is 1.22. The normalized spacial score (nSPS) is 11.3. The number of hydrogen-bond acceptors (Lipinski definition) is 4. The molecule has 3 heterocycles. The predicted octanol–water partition coefficient (Wildman–Crippen LogP) is 11.1. The van der Waals surface area contributed by atoms with Crippen molar-refractivity contribution in [3.63, 3.8) is 0 Å². The summed E-state index contributed by atoms with van der Waals surface area (Å²) in [6.07, 6.45) is 3.69. The summed E-state index contributed by atoms with van der Waals surface area (Å²) in [5.74, 6) is 0. The van der Waals surface area contributed by atoms with E-state index < -0.39 is 0 Å². The lowest BCUT2D eigenvalue weighted by Crippen LogP contribution is -2.02. The minimum Gasteiger partial charge on any atom is -0.264 e. The predicted molar refractivity (Wildman–Crippen MR) is 197 cm³/mol. The van der Waals surface area contributed by atoms with Crippen LogP contribution < -0.4 is 0 Å². The topological polar surface area (TPSA) is 51.6 Å². The number of rotatable bonds is 5. The number of pyridine rings is 2. The second-order valence-corrected chi connectivity index (χ2v) is 11.9. The van der Waals surface area contributed by atoms with Crippen LogP contribution in [0.2, 0.25) is 0 Å². The van der Waals surface area contributed by atoms with Gasteiger partial charge in [-0.05, 0) is 28.6 Å². The van der Waals surface area contributed by atoms with E-state index >= 15 is 0 Å². The smallest absolute Gasteiger partial charge is 0.0986 e. The number of hydrogen-bond donors (Lipinski definition) is 0. The third kappa shape index (κ3) is 4.79. The molecule has 6 aromatic carbocycles. The molecule has 0 radical (unpaired) electrons. The van der Waals surface area contributed by atoms with Crippen LogP contribution in [0.15, 0.2) is 170 Å². The Labute approximate surface area is 278 Å². The van der Waals surface area contributed by atoms with E-state index in [-0.39, 0.29) is 0 Å². The van der Waals surface area contributed by atoms with Crippen LogP contribution in [-0.4, -0.2) is 19.9 Å². The Morgan fingerprint density at radius 1 is 0.333 bits per heavy atom. The highest BCUT2D eigenvalue weighted by atomic mass is 14.9. The zero-order valence-electron chi connectivity index (χ0n) is 26.0. The molecule has 0 spiro atoms. The third-order valence-corrected chi connectivity index (χ3v) is 8.96. The molecule has 0 saturated heterocycles. The van der Waals surface area contributed by atoms with Crippen molar-refractivity contribution in [3.05, 3.63) is 170 Å². The molecule has 0 fully saturated rings. The van der Waals surface area contributed by atoms with Crippen LogP contribution in [0, 0.1) is 0 Å². The van der Waals surface area contributed by atoms with Crippen LogP contribution in [0.25, 0.3) is 88.7 Å². The van der Waals surface area contributed by atoms with E-state index in [0.717, 1.165) is 88.7 Å². The van der Waals surface area contributed by atoms with E-state index in [1.807, 2.05) is 30.5 Å². The molecule has 0 aliphatic rings. The second-order valence-electron chi connectivity index (χ2n) is 11.9. The molecule has 224 valence electrons. The van der Waals surface area contributed by atoms with Gasteiger partial charge >= 0.3 is 0 Å². The van der Waals surface area contributed by atoms with Crippen LogP contribution in [-0.2, 0) is 0 Å². The number of benzene rings is 6. The lowest BCUT2D eigenvalue weighted by Gasteiger charge is -2.19. The third-order valence-electron chi connectivity index (χ3n) is 8.96. The summed E-state index contributed by atoms with van der Waals surface area (Å²) in [7, 11) is 0. The summed E-state index contributed by atoms with van der Waals surface area (Å²) in [4.78, 5) is 20.7. The molecule has 0 N–H and O–H groups in total. The summed E-state index contributed by atoms with van der Waals surface area (Å²) in [6, 6.07) is 54.5. The molecule has 0 unspecified atom stereocenters. The summed E-state index contributed by atoms with van der Waals surface area (Å²) in [5.41, 5.74) is 11.4. The SMILES string of the molecule is c1ccc(-c2nc(-c3ccc(-c4cccnc4)cc3)c(-c3c4ccccc4nc4c3ccc3ccccc34)nc2-c2ccccc2)cc1. The summed E-state index contributed by atoms with van der Waals surface area (Å²) in [5, 5.41) is 4.35. The van der Waals surface area contributed by atoms with Crippen molar-refractivity contribution < 1.29 is 0 Å². The van der Waals surface area contributed by atoms with E-state index in [1.54, 1.807) is 6.20 Å². The maximum atomic E-state index is 5.63. The zero-order chi connectivity index (χ0) is 31.9. The van der Waals surface area contributed by atoms with Crippen molar-refractivity contribution >= 4 is 32.6 Å². The summed E-state index contributed by atoms with van der Waals surface area (Å²) < 4.78 is 0. The number of nitrogens with zero attached hydrogens (tertiary/aromatic N) is 4. The molecule has 0 amide bonds. The molecule has 0 aliphatic heterocycles. The molecule has 0 atom stereocenters. The lowest BCUT2D eigenvalue weighted by atomic mass is 9.93. The van der Waals surface area contributed by atoms with Gasteiger partial charge < -0.3 is 0 Å². The molecule has 0 aliphatic carbocycles. The first kappa shape index (κ1) is 27.8. The first-order valence-electron chi connectivity index (χ1n) is 16.1. The molecular weight excluding hydrogens is 585 g/mol. The quantitative estimate of drug-likeness (QED) is 0.143. The largest absolute Gasteiger partial charge is 0.264 e. The monoisotopic (exact) mass is 612 g/mol. The van der Waals surface area contributed by atoms with Crippen molar-refractivity contribution in [2.45, 2.75) is 0 Å². The maximum absolute atomic E-state index is 5.63. The van der Waals surface area contributed by atoms with Gasteiger partial charge in [0, 0.05) is 50.8 Å².